The summed E-state index contributed by atoms with van der Waals surface area (Å²) < 4.78 is 4.90. The third-order valence-corrected chi connectivity index (χ3v) is 1.10. The highest BCUT2D eigenvalue weighted by molar-refractivity contribution is 5.87. The predicted octanol–water partition coefficient (Wildman–Crippen LogP) is 1.90. The lowest BCUT2D eigenvalue weighted by Gasteiger charge is -2.06. The monoisotopic (exact) mass is 142 g/mol. The highest BCUT2D eigenvalue weighted by Crippen LogP contribution is 1.98. The fourth-order valence-electron chi connectivity index (χ4n) is 0.425. The molecule has 0 spiro atoms. The molecule has 0 aliphatic carbocycles. The van der Waals surface area contributed by atoms with Gasteiger partial charge >= 0.3 is 5.97 Å². The van der Waals surface area contributed by atoms with Crippen LogP contribution < -0.4 is 0 Å². The van der Waals surface area contributed by atoms with Crippen molar-refractivity contribution in [2.24, 2.45) is 0 Å². The average molecular weight is 142 g/mol. The van der Waals surface area contributed by atoms with Gasteiger partial charge in [-0.2, -0.15) is 0 Å². The van der Waals surface area contributed by atoms with Crippen LogP contribution in [0.2, 0.25) is 0 Å². The van der Waals surface area contributed by atoms with Crippen LogP contribution in [0.15, 0.2) is 11.6 Å². The van der Waals surface area contributed by atoms with Crippen LogP contribution in [-0.4, -0.2) is 12.1 Å². The summed E-state index contributed by atoms with van der Waals surface area (Å²) in [6, 6.07) is 0. The van der Waals surface area contributed by atoms with Gasteiger partial charge in [0.25, 0.3) is 0 Å². The van der Waals surface area contributed by atoms with Gasteiger partial charge in [0.2, 0.25) is 0 Å². The molecule has 0 saturated heterocycles. The summed E-state index contributed by atoms with van der Waals surface area (Å²) in [4.78, 5) is 10.9. The van der Waals surface area contributed by atoms with Crippen molar-refractivity contribution in [3.05, 3.63) is 11.6 Å². The van der Waals surface area contributed by atoms with Crippen LogP contribution in [0.1, 0.15) is 27.7 Å². The van der Waals surface area contributed by atoms with E-state index in [-0.39, 0.29) is 12.1 Å². The van der Waals surface area contributed by atoms with E-state index in [4.69, 9.17) is 4.74 Å². The summed E-state index contributed by atoms with van der Waals surface area (Å²) in [5.41, 5.74) is 0.661. The molecule has 2 nitrogen and oxygen atoms in total. The molecule has 0 fully saturated rings. The Labute approximate surface area is 61.9 Å². The molecule has 58 valence electrons. The molecule has 0 aliphatic heterocycles. The lowest BCUT2D eigenvalue weighted by molar-refractivity contribution is -0.142. The summed E-state index contributed by atoms with van der Waals surface area (Å²) in [5, 5.41) is 0. The zero-order valence-corrected chi connectivity index (χ0v) is 6.97. The molecule has 0 unspecified atom stereocenters. The zero-order chi connectivity index (χ0) is 8.15. The second-order valence-electron chi connectivity index (χ2n) is 2.43. The number of allylic oxidation sites excluding steroid dienone is 1. The van der Waals surface area contributed by atoms with Crippen LogP contribution in [0.5, 0.6) is 0 Å². The average Bonchev–Trinajstić information content (AvgIpc) is 1.85. The molecular formula is C8H14O2. The van der Waals surface area contributed by atoms with Gasteiger partial charge in [0, 0.05) is 5.57 Å². The van der Waals surface area contributed by atoms with E-state index in [1.165, 1.54) is 0 Å². The molecule has 0 amide bonds. The van der Waals surface area contributed by atoms with Crippen molar-refractivity contribution in [2.75, 3.05) is 0 Å². The molecular weight excluding hydrogens is 128 g/mol. The third kappa shape index (κ3) is 3.28. The van der Waals surface area contributed by atoms with E-state index in [9.17, 15) is 4.79 Å². The Morgan fingerprint density at radius 1 is 1.50 bits per heavy atom. The molecule has 0 bridgehead atoms. The Kier molecular flexibility index (Phi) is 3.77. The molecule has 0 heterocycles. The van der Waals surface area contributed by atoms with Gasteiger partial charge in [-0.3, -0.25) is 0 Å². The lowest BCUT2D eigenvalue weighted by Crippen LogP contribution is -2.11. The fourth-order valence-corrected chi connectivity index (χ4v) is 0.425. The van der Waals surface area contributed by atoms with Crippen LogP contribution in [0.25, 0.3) is 0 Å². The molecule has 10 heavy (non-hydrogen) atoms. The van der Waals surface area contributed by atoms with Gasteiger partial charge in [-0.1, -0.05) is 6.08 Å². The van der Waals surface area contributed by atoms with Crippen molar-refractivity contribution >= 4 is 5.97 Å². The van der Waals surface area contributed by atoms with Gasteiger partial charge in [-0.25, -0.2) is 4.79 Å². The standard InChI is InChI=1S/C8H14O2/c1-5-7(4)8(9)10-6(2)3/h5-6H,1-4H3. The van der Waals surface area contributed by atoms with Gasteiger partial charge in [-0.15, -0.1) is 0 Å². The Hall–Kier alpha value is -0.790. The first kappa shape index (κ1) is 9.21. The maximum Gasteiger partial charge on any atom is 0.333 e. The first-order valence-electron chi connectivity index (χ1n) is 3.41. The summed E-state index contributed by atoms with van der Waals surface area (Å²) in [5.74, 6) is -0.225. The van der Waals surface area contributed by atoms with Gasteiger partial charge in [0.15, 0.2) is 0 Å². The minimum Gasteiger partial charge on any atom is -0.460 e. The molecule has 0 aromatic rings. The predicted molar refractivity (Wildman–Crippen MR) is 40.7 cm³/mol. The van der Waals surface area contributed by atoms with E-state index in [0.717, 1.165) is 0 Å². The Morgan fingerprint density at radius 3 is 2.30 bits per heavy atom. The van der Waals surface area contributed by atoms with Gasteiger partial charge in [0.1, 0.15) is 0 Å². The van der Waals surface area contributed by atoms with Crippen molar-refractivity contribution in [1.29, 1.82) is 0 Å². The van der Waals surface area contributed by atoms with Gasteiger partial charge in [0.05, 0.1) is 6.10 Å². The molecule has 0 N–H and O–H groups in total. The van der Waals surface area contributed by atoms with Crippen molar-refractivity contribution < 1.29 is 9.53 Å². The fraction of sp³-hybridized carbons (Fsp3) is 0.625. The zero-order valence-electron chi connectivity index (χ0n) is 6.97. The second kappa shape index (κ2) is 4.09. The number of ether oxygens (including phenoxy) is 1. The maximum atomic E-state index is 10.9. The minimum atomic E-state index is -0.225. The van der Waals surface area contributed by atoms with Crippen LogP contribution in [-0.2, 0) is 9.53 Å². The van der Waals surface area contributed by atoms with Crippen LogP contribution >= 0.6 is 0 Å². The summed E-state index contributed by atoms with van der Waals surface area (Å²) in [6.45, 7) is 7.23. The molecule has 0 aromatic carbocycles. The van der Waals surface area contributed by atoms with Crippen molar-refractivity contribution in [3.63, 3.8) is 0 Å². The normalized spacial score (nSPS) is 11.9. The summed E-state index contributed by atoms with van der Waals surface area (Å²) in [6.07, 6.45) is 1.72. The number of hydrogen-bond acceptors (Lipinski definition) is 2. The first-order valence-corrected chi connectivity index (χ1v) is 3.41. The highest BCUT2D eigenvalue weighted by atomic mass is 16.5. The first-order chi connectivity index (χ1) is 4.57. The minimum absolute atomic E-state index is 0.0256. The summed E-state index contributed by atoms with van der Waals surface area (Å²) >= 11 is 0. The molecule has 2 heteroatoms. The Bertz CT molecular complexity index is 145. The van der Waals surface area contributed by atoms with E-state index in [2.05, 4.69) is 0 Å². The summed E-state index contributed by atoms with van der Waals surface area (Å²) in [7, 11) is 0. The molecule has 0 radical (unpaired) electrons. The van der Waals surface area contributed by atoms with Crippen molar-refractivity contribution in [3.8, 4) is 0 Å². The van der Waals surface area contributed by atoms with E-state index >= 15 is 0 Å². The molecule has 0 aliphatic rings. The lowest BCUT2D eigenvalue weighted by atomic mass is 10.3. The maximum absolute atomic E-state index is 10.9. The number of carbonyl (C=O) groups excluding carboxylic acids is 1. The van der Waals surface area contributed by atoms with Crippen molar-refractivity contribution in [2.45, 2.75) is 33.8 Å². The number of esters is 1. The van der Waals surface area contributed by atoms with E-state index in [1.54, 1.807) is 13.0 Å². The smallest absolute Gasteiger partial charge is 0.333 e. The molecule has 0 saturated carbocycles. The molecule has 0 rings (SSSR count). The van der Waals surface area contributed by atoms with E-state index in [0.29, 0.717) is 5.57 Å². The van der Waals surface area contributed by atoms with Gasteiger partial charge < -0.3 is 4.74 Å². The van der Waals surface area contributed by atoms with Gasteiger partial charge in [-0.05, 0) is 27.7 Å². The quantitative estimate of drug-likeness (QED) is 0.435. The van der Waals surface area contributed by atoms with Crippen LogP contribution in [0.3, 0.4) is 0 Å². The molecule has 0 atom stereocenters. The topological polar surface area (TPSA) is 26.3 Å². The number of hydrogen-bond donors (Lipinski definition) is 0. The molecule has 0 aromatic heterocycles. The number of carbonyl (C=O) groups is 1. The highest BCUT2D eigenvalue weighted by Gasteiger charge is 2.05. The largest absolute Gasteiger partial charge is 0.460 e. The van der Waals surface area contributed by atoms with Crippen molar-refractivity contribution in [1.82, 2.24) is 0 Å². The SMILES string of the molecule is CC=C(C)C(=O)OC(C)C. The Morgan fingerprint density at radius 2 is 2.00 bits per heavy atom. The van der Waals surface area contributed by atoms with E-state index in [1.807, 2.05) is 20.8 Å². The van der Waals surface area contributed by atoms with Crippen LogP contribution in [0.4, 0.5) is 0 Å². The number of rotatable bonds is 2. The van der Waals surface area contributed by atoms with Crippen LogP contribution in [0, 0.1) is 0 Å². The second-order valence-corrected chi connectivity index (χ2v) is 2.43. The third-order valence-electron chi connectivity index (χ3n) is 1.10. The van der Waals surface area contributed by atoms with E-state index < -0.39 is 0 Å². The Balaban J connectivity index is 3.86.